The van der Waals surface area contributed by atoms with Crippen LogP contribution in [0.1, 0.15) is 20.8 Å². The molecule has 3 N–H and O–H groups in total. The molecule has 0 aliphatic rings. The van der Waals surface area contributed by atoms with Crippen LogP contribution in [0.4, 0.5) is 13.6 Å². The molecule has 0 aromatic carbocycles. The normalized spacial score (nSPS) is 15.2. The molecule has 0 unspecified atom stereocenters. The van der Waals surface area contributed by atoms with Crippen molar-refractivity contribution < 1.29 is 33.3 Å². The Labute approximate surface area is 96.6 Å². The lowest BCUT2D eigenvalue weighted by Crippen LogP contribution is -2.52. The summed E-state index contributed by atoms with van der Waals surface area (Å²) in [5.74, 6) is -1.86. The van der Waals surface area contributed by atoms with Crippen molar-refractivity contribution in [3.63, 3.8) is 0 Å². The first kappa shape index (κ1) is 15.6. The standard InChI is InChI=1S/C9H15F2NO5/c1-9(2,3)17-8(16)12-4(6(10)11)5(13)7(14)15/h4-6,13H,1-3H3,(H,12,16)(H,14,15)/t4-,5-/m1/s1. The molecule has 0 aromatic heterocycles. The lowest BCUT2D eigenvalue weighted by Gasteiger charge is -2.24. The fourth-order valence-electron chi connectivity index (χ4n) is 0.877. The number of aliphatic hydroxyl groups excluding tert-OH is 1. The topological polar surface area (TPSA) is 95.9 Å². The Kier molecular flexibility index (Phi) is 5.27. The maximum Gasteiger partial charge on any atom is 0.408 e. The van der Waals surface area contributed by atoms with Gasteiger partial charge in [-0.15, -0.1) is 0 Å². The number of carbonyl (C=O) groups is 2. The van der Waals surface area contributed by atoms with Gasteiger partial charge in [-0.05, 0) is 20.8 Å². The Morgan fingerprint density at radius 1 is 1.29 bits per heavy atom. The molecule has 0 saturated carbocycles. The molecule has 0 saturated heterocycles. The number of hydrogen-bond donors (Lipinski definition) is 3. The van der Waals surface area contributed by atoms with Crippen LogP contribution in [-0.2, 0) is 9.53 Å². The SMILES string of the molecule is CC(C)(C)OC(=O)N[C@@H](C(F)F)[C@@H](O)C(=O)O. The quantitative estimate of drug-likeness (QED) is 0.683. The van der Waals surface area contributed by atoms with Gasteiger partial charge in [0, 0.05) is 0 Å². The molecule has 0 bridgehead atoms. The van der Waals surface area contributed by atoms with E-state index in [1.165, 1.54) is 20.8 Å². The highest BCUT2D eigenvalue weighted by atomic mass is 19.3. The van der Waals surface area contributed by atoms with Gasteiger partial charge >= 0.3 is 12.1 Å². The van der Waals surface area contributed by atoms with Crippen molar-refractivity contribution in [1.82, 2.24) is 5.32 Å². The molecule has 8 heteroatoms. The molecule has 2 atom stereocenters. The van der Waals surface area contributed by atoms with E-state index in [2.05, 4.69) is 4.74 Å². The smallest absolute Gasteiger partial charge is 0.408 e. The van der Waals surface area contributed by atoms with Crippen molar-refractivity contribution in [3.05, 3.63) is 0 Å². The van der Waals surface area contributed by atoms with Crippen molar-refractivity contribution in [2.75, 3.05) is 0 Å². The molecule has 0 aromatic rings. The van der Waals surface area contributed by atoms with E-state index in [4.69, 9.17) is 10.2 Å². The number of alkyl carbamates (subject to hydrolysis) is 1. The third-order valence-electron chi connectivity index (χ3n) is 1.55. The Morgan fingerprint density at radius 3 is 2.06 bits per heavy atom. The number of amides is 1. The van der Waals surface area contributed by atoms with Crippen molar-refractivity contribution >= 4 is 12.1 Å². The van der Waals surface area contributed by atoms with Crippen LogP contribution in [0.25, 0.3) is 0 Å². The first-order chi connectivity index (χ1) is 7.54. The Hall–Kier alpha value is -1.44. The second-order valence-electron chi connectivity index (χ2n) is 4.29. The fraction of sp³-hybridized carbons (Fsp3) is 0.778. The third kappa shape index (κ3) is 6.00. The maximum absolute atomic E-state index is 12.4. The van der Waals surface area contributed by atoms with Gasteiger partial charge < -0.3 is 20.3 Å². The summed E-state index contributed by atoms with van der Waals surface area (Å²) >= 11 is 0. The predicted octanol–water partition coefficient (Wildman–Crippen LogP) is 0.590. The van der Waals surface area contributed by atoms with E-state index in [0.29, 0.717) is 0 Å². The lowest BCUT2D eigenvalue weighted by atomic mass is 10.1. The van der Waals surface area contributed by atoms with Crippen molar-refractivity contribution in [2.24, 2.45) is 0 Å². The third-order valence-corrected chi connectivity index (χ3v) is 1.55. The van der Waals surface area contributed by atoms with Gasteiger partial charge in [-0.2, -0.15) is 0 Å². The van der Waals surface area contributed by atoms with Crippen LogP contribution in [0.15, 0.2) is 0 Å². The highest BCUT2D eigenvalue weighted by Gasteiger charge is 2.35. The average molecular weight is 255 g/mol. The molecular formula is C9H15F2NO5. The van der Waals surface area contributed by atoms with E-state index in [1.807, 2.05) is 0 Å². The fourth-order valence-corrected chi connectivity index (χ4v) is 0.877. The monoisotopic (exact) mass is 255 g/mol. The molecule has 0 aliphatic carbocycles. The van der Waals surface area contributed by atoms with E-state index < -0.39 is 36.2 Å². The minimum atomic E-state index is -3.23. The number of hydrogen-bond acceptors (Lipinski definition) is 4. The zero-order valence-corrected chi connectivity index (χ0v) is 9.61. The molecule has 100 valence electrons. The first-order valence-electron chi connectivity index (χ1n) is 4.73. The number of ether oxygens (including phenoxy) is 1. The van der Waals surface area contributed by atoms with Crippen molar-refractivity contribution in [2.45, 2.75) is 44.9 Å². The zero-order chi connectivity index (χ0) is 13.8. The molecule has 0 spiro atoms. The van der Waals surface area contributed by atoms with Crippen LogP contribution in [0.5, 0.6) is 0 Å². The Balaban J connectivity index is 4.57. The minimum Gasteiger partial charge on any atom is -0.479 e. The van der Waals surface area contributed by atoms with Crippen molar-refractivity contribution in [3.8, 4) is 0 Å². The number of rotatable bonds is 4. The second kappa shape index (κ2) is 5.76. The van der Waals surface area contributed by atoms with E-state index in [1.54, 1.807) is 5.32 Å². The zero-order valence-electron chi connectivity index (χ0n) is 9.61. The maximum atomic E-state index is 12.4. The van der Waals surface area contributed by atoms with E-state index in [-0.39, 0.29) is 0 Å². The van der Waals surface area contributed by atoms with Gasteiger partial charge in [0.1, 0.15) is 11.6 Å². The van der Waals surface area contributed by atoms with Gasteiger partial charge in [-0.1, -0.05) is 0 Å². The molecule has 1 amide bonds. The number of halogens is 2. The highest BCUT2D eigenvalue weighted by molar-refractivity contribution is 5.75. The van der Waals surface area contributed by atoms with Gasteiger partial charge in [0.05, 0.1) is 0 Å². The van der Waals surface area contributed by atoms with Crippen molar-refractivity contribution in [1.29, 1.82) is 0 Å². The lowest BCUT2D eigenvalue weighted by molar-refractivity contribution is -0.150. The molecule has 17 heavy (non-hydrogen) atoms. The predicted molar refractivity (Wildman–Crippen MR) is 52.8 cm³/mol. The van der Waals surface area contributed by atoms with Crippen LogP contribution in [0.3, 0.4) is 0 Å². The Bertz CT molecular complexity index is 290. The summed E-state index contributed by atoms with van der Waals surface area (Å²) in [7, 11) is 0. The number of aliphatic hydroxyl groups is 1. The number of carbonyl (C=O) groups excluding carboxylic acids is 1. The highest BCUT2D eigenvalue weighted by Crippen LogP contribution is 2.10. The molecule has 0 heterocycles. The summed E-state index contributed by atoms with van der Waals surface area (Å²) in [4.78, 5) is 21.5. The molecule has 0 rings (SSSR count). The van der Waals surface area contributed by atoms with Crippen LogP contribution in [0.2, 0.25) is 0 Å². The first-order valence-corrected chi connectivity index (χ1v) is 4.73. The van der Waals surface area contributed by atoms with Gasteiger partial charge in [0.15, 0.2) is 6.10 Å². The summed E-state index contributed by atoms with van der Waals surface area (Å²) < 4.78 is 29.5. The summed E-state index contributed by atoms with van der Waals surface area (Å²) in [5, 5.41) is 18.9. The molecule has 6 nitrogen and oxygen atoms in total. The van der Waals surface area contributed by atoms with Crippen LogP contribution in [-0.4, -0.2) is 46.4 Å². The summed E-state index contributed by atoms with van der Waals surface area (Å²) in [6.07, 6.45) is -6.85. The minimum absolute atomic E-state index is 0.912. The summed E-state index contributed by atoms with van der Waals surface area (Å²) in [6.45, 7) is 4.53. The number of carboxylic acid groups (broad SMARTS) is 1. The van der Waals surface area contributed by atoms with Crippen LogP contribution < -0.4 is 5.32 Å². The van der Waals surface area contributed by atoms with E-state index in [0.717, 1.165) is 0 Å². The number of carboxylic acids is 1. The number of nitrogens with one attached hydrogen (secondary N) is 1. The number of alkyl halides is 2. The number of aliphatic carboxylic acids is 1. The van der Waals surface area contributed by atoms with Crippen LogP contribution >= 0.6 is 0 Å². The van der Waals surface area contributed by atoms with E-state index in [9.17, 15) is 18.4 Å². The summed E-state index contributed by atoms with van der Waals surface area (Å²) in [5.41, 5.74) is -0.912. The summed E-state index contributed by atoms with van der Waals surface area (Å²) in [6, 6.07) is -2.22. The van der Waals surface area contributed by atoms with Gasteiger partial charge in [-0.3, -0.25) is 0 Å². The van der Waals surface area contributed by atoms with E-state index >= 15 is 0 Å². The largest absolute Gasteiger partial charge is 0.479 e. The van der Waals surface area contributed by atoms with Crippen LogP contribution in [0, 0.1) is 0 Å². The van der Waals surface area contributed by atoms with Gasteiger partial charge in [-0.25, -0.2) is 18.4 Å². The molecule has 0 radical (unpaired) electrons. The average Bonchev–Trinajstić information content (AvgIpc) is 2.09. The Morgan fingerprint density at radius 2 is 1.76 bits per heavy atom. The van der Waals surface area contributed by atoms with Gasteiger partial charge in [0.2, 0.25) is 0 Å². The van der Waals surface area contributed by atoms with Gasteiger partial charge in [0.25, 0.3) is 6.43 Å². The molecule has 0 aliphatic heterocycles. The molecular weight excluding hydrogens is 240 g/mol. The molecule has 0 fully saturated rings. The second-order valence-corrected chi connectivity index (χ2v) is 4.29.